The van der Waals surface area contributed by atoms with Gasteiger partial charge in [0.1, 0.15) is 29.6 Å². The number of aliphatic hydroxyl groups excluding tert-OH is 1. The van der Waals surface area contributed by atoms with Crippen molar-refractivity contribution in [3.63, 3.8) is 0 Å². The van der Waals surface area contributed by atoms with Gasteiger partial charge in [-0.25, -0.2) is 13.8 Å². The third-order valence-corrected chi connectivity index (χ3v) is 5.31. The molecule has 0 bridgehead atoms. The highest BCUT2D eigenvalue weighted by molar-refractivity contribution is 6.31. The summed E-state index contributed by atoms with van der Waals surface area (Å²) in [6.07, 6.45) is -7.33. The van der Waals surface area contributed by atoms with Crippen LogP contribution >= 0.6 is 11.6 Å². The van der Waals surface area contributed by atoms with Crippen molar-refractivity contribution in [2.75, 3.05) is 16.8 Å². The molecule has 33 heavy (non-hydrogen) atoms. The van der Waals surface area contributed by atoms with E-state index in [4.69, 9.17) is 15.7 Å². The number of halogens is 6. The summed E-state index contributed by atoms with van der Waals surface area (Å²) in [4.78, 5) is 30.2. The number of rotatable bonds is 3. The van der Waals surface area contributed by atoms with E-state index in [1.54, 1.807) is 0 Å². The summed E-state index contributed by atoms with van der Waals surface area (Å²) < 4.78 is 91.4. The van der Waals surface area contributed by atoms with Crippen LogP contribution in [0, 0.1) is 18.6 Å². The Morgan fingerprint density at radius 2 is 1.91 bits per heavy atom. The molecule has 2 aromatic rings. The number of alkyl halides is 3. The molecular formula is C20H17ClF5N3O4. The van der Waals surface area contributed by atoms with Crippen molar-refractivity contribution in [3.8, 4) is 0 Å². The van der Waals surface area contributed by atoms with E-state index >= 15 is 0 Å². The molecule has 0 unspecified atom stereocenters. The summed E-state index contributed by atoms with van der Waals surface area (Å²) in [6, 6.07) is -0.749. The minimum absolute atomic E-state index is 0.186. The van der Waals surface area contributed by atoms with Gasteiger partial charge in [0, 0.05) is 22.8 Å². The molecule has 0 saturated carbocycles. The number of likely N-dealkylation sites (N-methyl/N-ethyl adjacent to an activating group) is 1. The van der Waals surface area contributed by atoms with E-state index in [9.17, 15) is 41.8 Å². The Morgan fingerprint density at radius 1 is 1.27 bits per heavy atom. The molecule has 7 nitrogen and oxygen atoms in total. The number of aliphatic hydroxyl groups is 2. The number of amides is 2. The zero-order chi connectivity index (χ0) is 27.5. The number of aryl methyl sites for hydroxylation is 1. The van der Waals surface area contributed by atoms with Gasteiger partial charge in [-0.1, -0.05) is 11.6 Å². The van der Waals surface area contributed by atoms with Crippen molar-refractivity contribution >= 4 is 34.9 Å². The van der Waals surface area contributed by atoms with Crippen LogP contribution in [0.25, 0.3) is 0 Å². The van der Waals surface area contributed by atoms with Crippen LogP contribution in [-0.4, -0.2) is 51.7 Å². The third-order valence-electron chi connectivity index (χ3n) is 5.02. The molecule has 2 amide bonds. The minimum Gasteiger partial charge on any atom is -0.387 e. The lowest BCUT2D eigenvalue weighted by atomic mass is 9.97. The Kier molecular flexibility index (Phi) is 5.15. The van der Waals surface area contributed by atoms with Crippen LogP contribution in [0.5, 0.6) is 0 Å². The fourth-order valence-electron chi connectivity index (χ4n) is 3.31. The molecule has 3 atom stereocenters. The second-order valence-electron chi connectivity index (χ2n) is 7.46. The molecule has 13 heteroatoms. The molecule has 0 aliphatic carbocycles. The quantitative estimate of drug-likeness (QED) is 0.503. The van der Waals surface area contributed by atoms with Crippen LogP contribution in [0.3, 0.4) is 0 Å². The van der Waals surface area contributed by atoms with Gasteiger partial charge < -0.3 is 15.1 Å². The molecule has 1 saturated heterocycles. The molecule has 178 valence electrons. The van der Waals surface area contributed by atoms with Crippen LogP contribution < -0.4 is 9.80 Å². The van der Waals surface area contributed by atoms with Crippen molar-refractivity contribution in [2.45, 2.75) is 37.8 Å². The molecular weight excluding hydrogens is 477 g/mol. The number of nitrogens with zero attached hydrogens (tertiary/aromatic N) is 3. The highest BCUT2D eigenvalue weighted by atomic mass is 35.5. The Bertz CT molecular complexity index is 1240. The van der Waals surface area contributed by atoms with Crippen LogP contribution in [0.2, 0.25) is 5.02 Å². The fraction of sp³-hybridized carbons (Fsp3) is 0.350. The first-order chi connectivity index (χ1) is 16.3. The highest BCUT2D eigenvalue weighted by Crippen LogP contribution is 2.38. The van der Waals surface area contributed by atoms with Crippen molar-refractivity contribution in [1.29, 1.82) is 0 Å². The van der Waals surface area contributed by atoms with Gasteiger partial charge in [0.2, 0.25) is 0 Å². The van der Waals surface area contributed by atoms with Crippen LogP contribution in [0.4, 0.5) is 33.5 Å². The number of pyridine rings is 1. The Hall–Kier alpha value is -2.83. The normalized spacial score (nSPS) is 25.0. The van der Waals surface area contributed by atoms with Gasteiger partial charge in [0.15, 0.2) is 5.60 Å². The lowest BCUT2D eigenvalue weighted by molar-refractivity contribution is -0.139. The average Bonchev–Trinajstić information content (AvgIpc) is 2.89. The van der Waals surface area contributed by atoms with Gasteiger partial charge in [-0.15, -0.1) is 0 Å². The van der Waals surface area contributed by atoms with Gasteiger partial charge in [-0.05, 0) is 32.0 Å². The number of benzene rings is 1. The maximum absolute atomic E-state index is 14.6. The zero-order valence-electron chi connectivity index (χ0n) is 19.8. The topological polar surface area (TPSA) is 94.0 Å². The highest BCUT2D eigenvalue weighted by Gasteiger charge is 2.59. The van der Waals surface area contributed by atoms with E-state index in [-0.39, 0.29) is 21.6 Å². The second-order valence-corrected chi connectivity index (χ2v) is 7.86. The predicted octanol–water partition coefficient (Wildman–Crippen LogP) is 2.83. The summed E-state index contributed by atoms with van der Waals surface area (Å²) in [5.74, 6) is -6.92. The van der Waals surface area contributed by atoms with E-state index < -0.39 is 76.4 Å². The lowest BCUT2D eigenvalue weighted by Crippen LogP contribution is -2.51. The van der Waals surface area contributed by atoms with E-state index in [2.05, 4.69) is 4.98 Å². The van der Waals surface area contributed by atoms with E-state index in [1.165, 1.54) is 0 Å². The second kappa shape index (κ2) is 8.19. The first kappa shape index (κ1) is 20.8. The number of carbonyl (C=O) groups excluding carboxylic acids is 2. The Balaban J connectivity index is 2.24. The Morgan fingerprint density at radius 3 is 2.48 bits per heavy atom. The summed E-state index contributed by atoms with van der Waals surface area (Å²) >= 11 is 5.61. The first-order valence-corrected chi connectivity index (χ1v) is 9.45. The van der Waals surface area contributed by atoms with E-state index in [0.29, 0.717) is 18.2 Å². The van der Waals surface area contributed by atoms with E-state index in [0.717, 1.165) is 13.8 Å². The maximum atomic E-state index is 14.6. The first-order valence-electron chi connectivity index (χ1n) is 10.6. The molecule has 1 fully saturated rings. The van der Waals surface area contributed by atoms with Gasteiger partial charge in [-0.2, -0.15) is 13.2 Å². The van der Waals surface area contributed by atoms with Crippen molar-refractivity contribution < 1.29 is 45.9 Å². The molecule has 1 aromatic heterocycles. The molecule has 0 radical (unpaired) electrons. The van der Waals surface area contributed by atoms with Crippen LogP contribution in [-0.2, 0) is 15.8 Å². The number of carbonyl (C=O) groups is 2. The Labute approximate surface area is 193 Å². The predicted molar refractivity (Wildman–Crippen MR) is 107 cm³/mol. The smallest absolute Gasteiger partial charge is 0.387 e. The molecule has 3 rings (SSSR count). The minimum atomic E-state index is -4.93. The summed E-state index contributed by atoms with van der Waals surface area (Å²) in [7, 11) is 0. The number of aromatic nitrogens is 1. The number of hydrogen-bond donors (Lipinski definition) is 2. The van der Waals surface area contributed by atoms with Gasteiger partial charge in [0.05, 0.1) is 16.3 Å². The van der Waals surface area contributed by atoms with Crippen molar-refractivity contribution in [1.82, 2.24) is 4.98 Å². The maximum Gasteiger partial charge on any atom is 0.416 e. The summed E-state index contributed by atoms with van der Waals surface area (Å²) in [6.45, 7) is -1.65. The molecule has 0 spiro atoms. The molecule has 1 aromatic carbocycles. The molecule has 1 aliphatic heterocycles. The lowest BCUT2D eigenvalue weighted by Gasteiger charge is -2.29. The third kappa shape index (κ3) is 4.25. The number of hydrogen-bond acceptors (Lipinski definition) is 5. The van der Waals surface area contributed by atoms with Gasteiger partial charge in [-0.3, -0.25) is 14.5 Å². The SMILES string of the molecule is [2H]C([2H])([2H])N(C(=O)[C@@H]1[C@H](O)[C@](C)(O)C(=O)N1c1cc(C(F)(F)F)cc(C)n1)c1cc(Cl)c(F)cc1F. The average molecular weight is 497 g/mol. The molecule has 1 aliphatic rings. The van der Waals surface area contributed by atoms with Gasteiger partial charge in [0.25, 0.3) is 11.8 Å². The van der Waals surface area contributed by atoms with Crippen LogP contribution in [0.1, 0.15) is 22.3 Å². The zero-order valence-corrected chi connectivity index (χ0v) is 17.5. The van der Waals surface area contributed by atoms with E-state index in [1.807, 2.05) is 0 Å². The number of anilines is 2. The fourth-order valence-corrected chi connectivity index (χ4v) is 3.47. The standard InChI is InChI=1S/C20H17ClF5N3O4/c1-8-4-9(20(24,25)26)5-14(27-8)29-15(16(30)19(2,33)18(29)32)17(31)28(3)13-6-10(21)11(22)7-12(13)23/h4-7,15-16,30,33H,1-3H3/t15-,16-,19-/m0/s1/i3D3. The summed E-state index contributed by atoms with van der Waals surface area (Å²) in [5.41, 5.74) is -5.44. The van der Waals surface area contributed by atoms with Crippen LogP contribution in [0.15, 0.2) is 24.3 Å². The van der Waals surface area contributed by atoms with Gasteiger partial charge >= 0.3 is 6.18 Å². The van der Waals surface area contributed by atoms with Crippen molar-refractivity contribution in [2.24, 2.45) is 0 Å². The largest absolute Gasteiger partial charge is 0.416 e. The summed E-state index contributed by atoms with van der Waals surface area (Å²) in [5, 5.41) is 20.4. The van der Waals surface area contributed by atoms with Crippen molar-refractivity contribution in [3.05, 3.63) is 52.2 Å². The molecule has 2 N–H and O–H groups in total. The molecule has 2 heterocycles. The monoisotopic (exact) mass is 496 g/mol.